The summed E-state index contributed by atoms with van der Waals surface area (Å²) in [7, 11) is 0. The zero-order valence-corrected chi connectivity index (χ0v) is 14.3. The second-order valence-corrected chi connectivity index (χ2v) is 5.78. The number of carbonyl (C=O) groups is 1. The van der Waals surface area contributed by atoms with E-state index >= 15 is 0 Å². The van der Waals surface area contributed by atoms with E-state index in [1.54, 1.807) is 18.3 Å². The average Bonchev–Trinajstić information content (AvgIpc) is 3.18. The van der Waals surface area contributed by atoms with E-state index in [4.69, 9.17) is 15.9 Å². The van der Waals surface area contributed by atoms with Crippen molar-refractivity contribution in [1.82, 2.24) is 15.3 Å². The van der Waals surface area contributed by atoms with Crippen LogP contribution in [0.4, 0.5) is 5.82 Å². The summed E-state index contributed by atoms with van der Waals surface area (Å²) in [5, 5.41) is 5.80. The highest BCUT2D eigenvalue weighted by molar-refractivity contribution is 5.94. The highest BCUT2D eigenvalue weighted by atomic mass is 16.5. The molecule has 7 nitrogen and oxygen atoms in total. The number of ether oxygens (including phenoxy) is 2. The van der Waals surface area contributed by atoms with Crippen LogP contribution in [-0.2, 0) is 11.3 Å². The molecule has 0 spiro atoms. The molecule has 1 unspecified atom stereocenters. The minimum absolute atomic E-state index is 0.0699. The second kappa shape index (κ2) is 8.83. The van der Waals surface area contributed by atoms with Crippen molar-refractivity contribution in [1.29, 1.82) is 0 Å². The van der Waals surface area contributed by atoms with Crippen LogP contribution in [0.2, 0.25) is 0 Å². The van der Waals surface area contributed by atoms with E-state index in [0.29, 0.717) is 30.4 Å². The van der Waals surface area contributed by atoms with Gasteiger partial charge in [0.2, 0.25) is 5.88 Å². The quantitative estimate of drug-likeness (QED) is 0.737. The SMILES string of the molecule is C#CCNC(=O)c1ccc(NCc2ccnc(OC3CCOC3)c2)nc1. The van der Waals surface area contributed by atoms with Crippen LogP contribution in [0.15, 0.2) is 36.7 Å². The Morgan fingerprint density at radius 1 is 1.38 bits per heavy atom. The fraction of sp³-hybridized carbons (Fsp3) is 0.316. The molecule has 0 aliphatic carbocycles. The second-order valence-electron chi connectivity index (χ2n) is 5.78. The van der Waals surface area contributed by atoms with Crippen molar-refractivity contribution in [3.63, 3.8) is 0 Å². The fourth-order valence-electron chi connectivity index (χ4n) is 2.46. The molecule has 2 N–H and O–H groups in total. The van der Waals surface area contributed by atoms with Crippen LogP contribution in [-0.4, -0.2) is 41.7 Å². The molecule has 26 heavy (non-hydrogen) atoms. The summed E-state index contributed by atoms with van der Waals surface area (Å²) in [5.74, 6) is 3.38. The van der Waals surface area contributed by atoms with Crippen molar-refractivity contribution >= 4 is 11.7 Å². The van der Waals surface area contributed by atoms with E-state index in [-0.39, 0.29) is 18.6 Å². The van der Waals surface area contributed by atoms with Gasteiger partial charge in [0.05, 0.1) is 25.3 Å². The van der Waals surface area contributed by atoms with Crippen LogP contribution in [0.5, 0.6) is 5.88 Å². The number of carbonyl (C=O) groups excluding carboxylic acids is 1. The van der Waals surface area contributed by atoms with Gasteiger partial charge in [0.1, 0.15) is 11.9 Å². The van der Waals surface area contributed by atoms with Crippen LogP contribution >= 0.6 is 0 Å². The first-order chi connectivity index (χ1) is 12.7. The molecule has 0 radical (unpaired) electrons. The summed E-state index contributed by atoms with van der Waals surface area (Å²) in [6, 6.07) is 7.25. The first kappa shape index (κ1) is 17.7. The average molecular weight is 352 g/mol. The monoisotopic (exact) mass is 352 g/mol. The van der Waals surface area contributed by atoms with E-state index in [0.717, 1.165) is 18.6 Å². The molecular formula is C19H20N4O3. The molecule has 3 rings (SSSR count). The normalized spacial score (nSPS) is 15.9. The van der Waals surface area contributed by atoms with Gasteiger partial charge in [-0.05, 0) is 23.8 Å². The molecule has 0 bridgehead atoms. The van der Waals surface area contributed by atoms with Crippen LogP contribution in [0.3, 0.4) is 0 Å². The van der Waals surface area contributed by atoms with Gasteiger partial charge in [-0.1, -0.05) is 5.92 Å². The molecule has 1 atom stereocenters. The molecule has 3 heterocycles. The Hall–Kier alpha value is -3.11. The third-order valence-electron chi connectivity index (χ3n) is 3.82. The Labute approximate surface area is 152 Å². The predicted octanol–water partition coefficient (Wildman–Crippen LogP) is 1.62. The maximum Gasteiger partial charge on any atom is 0.253 e. The number of aromatic nitrogens is 2. The topological polar surface area (TPSA) is 85.4 Å². The van der Waals surface area contributed by atoms with E-state index < -0.39 is 0 Å². The molecular weight excluding hydrogens is 332 g/mol. The van der Waals surface area contributed by atoms with E-state index in [2.05, 4.69) is 26.5 Å². The van der Waals surface area contributed by atoms with Crippen LogP contribution < -0.4 is 15.4 Å². The number of nitrogens with zero attached hydrogens (tertiary/aromatic N) is 2. The van der Waals surface area contributed by atoms with Gasteiger partial charge in [0.25, 0.3) is 5.91 Å². The highest BCUT2D eigenvalue weighted by Crippen LogP contribution is 2.16. The minimum Gasteiger partial charge on any atom is -0.472 e. The van der Waals surface area contributed by atoms with Crippen LogP contribution in [0, 0.1) is 12.3 Å². The van der Waals surface area contributed by atoms with Crippen molar-refractivity contribution < 1.29 is 14.3 Å². The molecule has 0 saturated carbocycles. The van der Waals surface area contributed by atoms with Crippen molar-refractivity contribution in [2.75, 3.05) is 25.1 Å². The highest BCUT2D eigenvalue weighted by Gasteiger charge is 2.17. The van der Waals surface area contributed by atoms with Crippen molar-refractivity contribution in [3.05, 3.63) is 47.8 Å². The van der Waals surface area contributed by atoms with Gasteiger partial charge in [0, 0.05) is 31.4 Å². The largest absolute Gasteiger partial charge is 0.472 e. The Morgan fingerprint density at radius 3 is 3.04 bits per heavy atom. The van der Waals surface area contributed by atoms with Gasteiger partial charge < -0.3 is 20.1 Å². The lowest BCUT2D eigenvalue weighted by molar-refractivity contribution is 0.0958. The lowest BCUT2D eigenvalue weighted by atomic mass is 10.2. The number of amides is 1. The third-order valence-corrected chi connectivity index (χ3v) is 3.82. The molecule has 1 fully saturated rings. The number of nitrogens with one attached hydrogen (secondary N) is 2. The Balaban J connectivity index is 1.53. The molecule has 134 valence electrons. The zero-order chi connectivity index (χ0) is 18.2. The summed E-state index contributed by atoms with van der Waals surface area (Å²) in [4.78, 5) is 20.3. The van der Waals surface area contributed by atoms with Gasteiger partial charge >= 0.3 is 0 Å². The van der Waals surface area contributed by atoms with Crippen molar-refractivity contribution in [2.24, 2.45) is 0 Å². The predicted molar refractivity (Wildman–Crippen MR) is 96.8 cm³/mol. The lowest BCUT2D eigenvalue weighted by Crippen LogP contribution is -2.23. The lowest BCUT2D eigenvalue weighted by Gasteiger charge is -2.12. The standard InChI is InChI=1S/C19H20N4O3/c1-2-7-21-19(24)15-3-4-17(23-12-15)22-11-14-5-8-20-18(10-14)26-16-6-9-25-13-16/h1,3-5,8,10,12,16H,6-7,9,11,13H2,(H,21,24)(H,22,23). The van der Waals surface area contributed by atoms with Gasteiger partial charge in [0.15, 0.2) is 0 Å². The number of rotatable bonds is 7. The number of hydrogen-bond donors (Lipinski definition) is 2. The first-order valence-electron chi connectivity index (χ1n) is 8.35. The fourth-order valence-corrected chi connectivity index (χ4v) is 2.46. The molecule has 2 aromatic heterocycles. The number of anilines is 1. The third kappa shape index (κ3) is 4.94. The van der Waals surface area contributed by atoms with Crippen molar-refractivity contribution in [2.45, 2.75) is 19.1 Å². The molecule has 0 aromatic carbocycles. The molecule has 7 heteroatoms. The van der Waals surface area contributed by atoms with E-state index in [9.17, 15) is 4.79 Å². The van der Waals surface area contributed by atoms with Gasteiger partial charge in [-0.3, -0.25) is 4.79 Å². The zero-order valence-electron chi connectivity index (χ0n) is 14.3. The summed E-state index contributed by atoms with van der Waals surface area (Å²) < 4.78 is 11.1. The molecule has 1 saturated heterocycles. The Bertz CT molecular complexity index is 780. The summed E-state index contributed by atoms with van der Waals surface area (Å²) in [6.45, 7) is 2.09. The Morgan fingerprint density at radius 2 is 2.31 bits per heavy atom. The van der Waals surface area contributed by atoms with Gasteiger partial charge in [-0.25, -0.2) is 9.97 Å². The summed E-state index contributed by atoms with van der Waals surface area (Å²) in [6.07, 6.45) is 9.30. The number of hydrogen-bond acceptors (Lipinski definition) is 6. The van der Waals surface area contributed by atoms with Crippen LogP contribution in [0.1, 0.15) is 22.3 Å². The van der Waals surface area contributed by atoms with Crippen molar-refractivity contribution in [3.8, 4) is 18.2 Å². The summed E-state index contributed by atoms with van der Waals surface area (Å²) >= 11 is 0. The molecule has 2 aromatic rings. The smallest absolute Gasteiger partial charge is 0.253 e. The number of pyridine rings is 2. The minimum atomic E-state index is -0.242. The first-order valence-corrected chi connectivity index (χ1v) is 8.35. The molecule has 1 aliphatic heterocycles. The van der Waals surface area contributed by atoms with E-state index in [1.165, 1.54) is 6.20 Å². The summed E-state index contributed by atoms with van der Waals surface area (Å²) in [5.41, 5.74) is 1.48. The Kier molecular flexibility index (Phi) is 6.01. The molecule has 1 aliphatic rings. The maximum atomic E-state index is 11.8. The van der Waals surface area contributed by atoms with Gasteiger partial charge in [-0.15, -0.1) is 6.42 Å². The van der Waals surface area contributed by atoms with E-state index in [1.807, 2.05) is 12.1 Å². The number of terminal acetylenes is 1. The van der Waals surface area contributed by atoms with Gasteiger partial charge in [-0.2, -0.15) is 0 Å². The molecule has 1 amide bonds. The maximum absolute atomic E-state index is 11.8. The van der Waals surface area contributed by atoms with Crippen LogP contribution in [0.25, 0.3) is 0 Å².